The number of nitrogens with zero attached hydrogens (tertiary/aromatic N) is 1. The van der Waals surface area contributed by atoms with Gasteiger partial charge >= 0.3 is 0 Å². The van der Waals surface area contributed by atoms with Crippen LogP contribution in [-0.2, 0) is 0 Å². The number of nitrogens with one attached hydrogen (secondary N) is 1. The summed E-state index contributed by atoms with van der Waals surface area (Å²) >= 11 is 0. The number of phenols is 1. The van der Waals surface area contributed by atoms with Crippen molar-refractivity contribution >= 4 is 5.91 Å². The number of carbonyl (C=O) groups is 1. The minimum Gasteiger partial charge on any atom is -0.508 e. The molecule has 1 aromatic carbocycles. The summed E-state index contributed by atoms with van der Waals surface area (Å²) in [5.41, 5.74) is -0.339. The molecule has 1 aromatic rings. The third-order valence-corrected chi connectivity index (χ3v) is 3.13. The van der Waals surface area contributed by atoms with Gasteiger partial charge in [0.25, 0.3) is 5.91 Å². The molecule has 88 valence electrons. The zero-order valence-electron chi connectivity index (χ0n) is 9.44. The molecule has 1 fully saturated rings. The topological polar surface area (TPSA) is 73.1 Å². The van der Waals surface area contributed by atoms with Crippen molar-refractivity contribution in [2.45, 2.75) is 31.2 Å². The fourth-order valence-corrected chi connectivity index (χ4v) is 2.18. The van der Waals surface area contributed by atoms with Crippen molar-refractivity contribution < 1.29 is 9.90 Å². The van der Waals surface area contributed by atoms with Gasteiger partial charge in [0.15, 0.2) is 0 Å². The van der Waals surface area contributed by atoms with Crippen LogP contribution in [0.5, 0.6) is 5.75 Å². The van der Waals surface area contributed by atoms with Crippen molar-refractivity contribution in [1.29, 1.82) is 5.26 Å². The Kier molecular flexibility index (Phi) is 3.01. The molecular formula is C13H14N2O2. The van der Waals surface area contributed by atoms with Crippen LogP contribution in [0.15, 0.2) is 24.3 Å². The smallest absolute Gasteiger partial charge is 0.252 e. The van der Waals surface area contributed by atoms with Gasteiger partial charge in [0, 0.05) is 5.56 Å². The van der Waals surface area contributed by atoms with Gasteiger partial charge in [0.05, 0.1) is 6.07 Å². The molecule has 1 saturated carbocycles. The highest BCUT2D eigenvalue weighted by molar-refractivity contribution is 5.95. The van der Waals surface area contributed by atoms with E-state index in [4.69, 9.17) is 5.26 Å². The van der Waals surface area contributed by atoms with E-state index in [1.807, 2.05) is 0 Å². The average molecular weight is 230 g/mol. The highest BCUT2D eigenvalue weighted by Crippen LogP contribution is 2.29. The van der Waals surface area contributed by atoms with Gasteiger partial charge in [-0.1, -0.05) is 6.07 Å². The number of rotatable bonds is 2. The molecule has 0 bridgehead atoms. The van der Waals surface area contributed by atoms with Crippen LogP contribution in [0, 0.1) is 11.3 Å². The monoisotopic (exact) mass is 230 g/mol. The molecule has 0 radical (unpaired) electrons. The van der Waals surface area contributed by atoms with Crippen LogP contribution in [0.25, 0.3) is 0 Å². The van der Waals surface area contributed by atoms with Gasteiger partial charge in [-0.25, -0.2) is 0 Å². The maximum Gasteiger partial charge on any atom is 0.252 e. The Hall–Kier alpha value is -2.02. The lowest BCUT2D eigenvalue weighted by Gasteiger charge is -2.21. The Morgan fingerprint density at radius 3 is 2.71 bits per heavy atom. The van der Waals surface area contributed by atoms with Crippen LogP contribution < -0.4 is 5.32 Å². The fourth-order valence-electron chi connectivity index (χ4n) is 2.18. The summed E-state index contributed by atoms with van der Waals surface area (Å²) in [6, 6.07) is 8.33. The summed E-state index contributed by atoms with van der Waals surface area (Å²) < 4.78 is 0. The first kappa shape index (κ1) is 11.5. The lowest BCUT2D eigenvalue weighted by atomic mass is 9.99. The molecule has 0 aliphatic heterocycles. The van der Waals surface area contributed by atoms with E-state index >= 15 is 0 Å². The van der Waals surface area contributed by atoms with Gasteiger partial charge in [0.2, 0.25) is 0 Å². The highest BCUT2D eigenvalue weighted by atomic mass is 16.3. The van der Waals surface area contributed by atoms with E-state index in [0.29, 0.717) is 18.4 Å². The quantitative estimate of drug-likeness (QED) is 0.815. The molecule has 1 amide bonds. The molecule has 0 aromatic heterocycles. The Balaban J connectivity index is 2.14. The third-order valence-electron chi connectivity index (χ3n) is 3.13. The SMILES string of the molecule is N#CC1(NC(=O)c2cccc(O)c2)CCCC1. The molecule has 0 spiro atoms. The van der Waals surface area contributed by atoms with E-state index in [2.05, 4.69) is 11.4 Å². The van der Waals surface area contributed by atoms with Crippen LogP contribution in [-0.4, -0.2) is 16.6 Å². The maximum atomic E-state index is 11.9. The van der Waals surface area contributed by atoms with E-state index < -0.39 is 5.54 Å². The molecule has 2 N–H and O–H groups in total. The summed E-state index contributed by atoms with van der Waals surface area (Å²) in [4.78, 5) is 11.9. The second kappa shape index (κ2) is 4.46. The molecule has 2 rings (SSSR count). The van der Waals surface area contributed by atoms with Crippen LogP contribution in [0.4, 0.5) is 0 Å². The van der Waals surface area contributed by atoms with Crippen molar-refractivity contribution in [3.8, 4) is 11.8 Å². The Labute approximate surface area is 99.9 Å². The van der Waals surface area contributed by atoms with Gasteiger partial charge in [-0.05, 0) is 43.9 Å². The van der Waals surface area contributed by atoms with E-state index in [1.165, 1.54) is 12.1 Å². The maximum absolute atomic E-state index is 11.9. The summed E-state index contributed by atoms with van der Waals surface area (Å²) in [5, 5.41) is 21.2. The second-order valence-corrected chi connectivity index (χ2v) is 4.41. The number of carbonyl (C=O) groups excluding carboxylic acids is 1. The number of benzene rings is 1. The first-order chi connectivity index (χ1) is 8.15. The predicted octanol–water partition coefficient (Wildman–Crippen LogP) is 1.96. The molecule has 0 saturated heterocycles. The van der Waals surface area contributed by atoms with Crippen molar-refractivity contribution in [2.24, 2.45) is 0 Å². The zero-order chi connectivity index (χ0) is 12.3. The number of amides is 1. The first-order valence-corrected chi connectivity index (χ1v) is 5.68. The number of phenolic OH excluding ortho intramolecular Hbond substituents is 1. The highest BCUT2D eigenvalue weighted by Gasteiger charge is 2.35. The van der Waals surface area contributed by atoms with Crippen LogP contribution in [0.1, 0.15) is 36.0 Å². The zero-order valence-corrected chi connectivity index (χ0v) is 9.44. The van der Waals surface area contributed by atoms with Gasteiger partial charge in [-0.3, -0.25) is 4.79 Å². The van der Waals surface area contributed by atoms with Gasteiger partial charge in [-0.15, -0.1) is 0 Å². The number of hydrogen-bond acceptors (Lipinski definition) is 3. The molecule has 4 heteroatoms. The van der Waals surface area contributed by atoms with Crippen molar-refractivity contribution in [1.82, 2.24) is 5.32 Å². The molecule has 17 heavy (non-hydrogen) atoms. The van der Waals surface area contributed by atoms with Crippen LogP contribution in [0.2, 0.25) is 0 Å². The summed E-state index contributed by atoms with van der Waals surface area (Å²) in [6.45, 7) is 0. The number of nitriles is 1. The molecule has 1 aliphatic carbocycles. The van der Waals surface area contributed by atoms with Gasteiger partial charge in [0.1, 0.15) is 11.3 Å². The third kappa shape index (κ3) is 2.39. The van der Waals surface area contributed by atoms with Crippen LogP contribution in [0.3, 0.4) is 0 Å². The molecule has 4 nitrogen and oxygen atoms in total. The molecular weight excluding hydrogens is 216 g/mol. The van der Waals surface area contributed by atoms with Crippen molar-refractivity contribution in [3.05, 3.63) is 29.8 Å². The van der Waals surface area contributed by atoms with Crippen LogP contribution >= 0.6 is 0 Å². The molecule has 0 heterocycles. The average Bonchev–Trinajstić information content (AvgIpc) is 2.78. The van der Waals surface area contributed by atoms with E-state index in [0.717, 1.165) is 12.8 Å². The predicted molar refractivity (Wildman–Crippen MR) is 62.4 cm³/mol. The lowest BCUT2D eigenvalue weighted by molar-refractivity contribution is 0.0920. The Morgan fingerprint density at radius 2 is 2.12 bits per heavy atom. The lowest BCUT2D eigenvalue weighted by Crippen LogP contribution is -2.45. The summed E-state index contributed by atoms with van der Waals surface area (Å²) in [5.74, 6) is -0.251. The van der Waals surface area contributed by atoms with E-state index in [-0.39, 0.29) is 11.7 Å². The minimum atomic E-state index is -0.720. The first-order valence-electron chi connectivity index (χ1n) is 5.68. The minimum absolute atomic E-state index is 0.0510. The summed E-state index contributed by atoms with van der Waals surface area (Å²) in [7, 11) is 0. The number of aromatic hydroxyl groups is 1. The van der Waals surface area contributed by atoms with Gasteiger partial charge < -0.3 is 10.4 Å². The van der Waals surface area contributed by atoms with E-state index in [9.17, 15) is 9.90 Å². The molecule has 0 unspecified atom stereocenters. The fraction of sp³-hybridized carbons (Fsp3) is 0.385. The largest absolute Gasteiger partial charge is 0.508 e. The Bertz CT molecular complexity index is 471. The molecule has 1 aliphatic rings. The number of hydrogen-bond donors (Lipinski definition) is 2. The Morgan fingerprint density at radius 1 is 1.41 bits per heavy atom. The van der Waals surface area contributed by atoms with Crippen molar-refractivity contribution in [2.75, 3.05) is 0 Å². The van der Waals surface area contributed by atoms with Gasteiger partial charge in [-0.2, -0.15) is 5.26 Å². The molecule has 0 atom stereocenters. The summed E-state index contributed by atoms with van der Waals surface area (Å²) in [6.07, 6.45) is 3.34. The normalized spacial score (nSPS) is 17.4. The van der Waals surface area contributed by atoms with E-state index in [1.54, 1.807) is 12.1 Å². The standard InChI is InChI=1S/C13H14N2O2/c14-9-13(6-1-2-7-13)15-12(17)10-4-3-5-11(16)8-10/h3-5,8,16H,1-2,6-7H2,(H,15,17). The second-order valence-electron chi connectivity index (χ2n) is 4.41. The van der Waals surface area contributed by atoms with Crippen molar-refractivity contribution in [3.63, 3.8) is 0 Å².